The van der Waals surface area contributed by atoms with E-state index in [1.54, 1.807) is 0 Å². The van der Waals surface area contributed by atoms with E-state index in [0.29, 0.717) is 0 Å². The predicted octanol–water partition coefficient (Wildman–Crippen LogP) is 12.4. The van der Waals surface area contributed by atoms with E-state index in [1.807, 2.05) is 0 Å². The second-order valence-electron chi connectivity index (χ2n) is 10.3. The molecule has 0 saturated carbocycles. The van der Waals surface area contributed by atoms with Crippen LogP contribution in [-0.2, 0) is 0 Å². The van der Waals surface area contributed by atoms with Crippen LogP contribution in [0.1, 0.15) is 19.8 Å². The molecule has 1 unspecified atom stereocenters. The molecule has 0 N–H and O–H groups in total. The zero-order valence-electron chi connectivity index (χ0n) is 23.8. The van der Waals surface area contributed by atoms with Crippen molar-refractivity contribution in [3.63, 3.8) is 0 Å². The zero-order valence-corrected chi connectivity index (χ0v) is 23.8. The molecule has 0 aromatic carbocycles. The zero-order chi connectivity index (χ0) is 45.0. The molecule has 0 amide bonds. The van der Waals surface area contributed by atoms with Crippen molar-refractivity contribution in [1.82, 2.24) is 0 Å². The van der Waals surface area contributed by atoms with Gasteiger partial charge in [0.25, 0.3) is 0 Å². The Morgan fingerprint density at radius 3 is 0.648 bits per heavy atom. The summed E-state index contributed by atoms with van der Waals surface area (Å²) in [6.07, 6.45) is -19.7. The summed E-state index contributed by atoms with van der Waals surface area (Å²) in [4.78, 5) is 0. The van der Waals surface area contributed by atoms with Crippen molar-refractivity contribution < 1.29 is 149 Å². The van der Waals surface area contributed by atoms with Crippen LogP contribution in [0.25, 0.3) is 0 Å². The summed E-state index contributed by atoms with van der Waals surface area (Å²) in [5.41, 5.74) is -10.1. The first-order chi connectivity index (χ1) is 22.8. The lowest BCUT2D eigenvalue weighted by atomic mass is 9.76. The molecule has 0 bridgehead atoms. The van der Waals surface area contributed by atoms with Crippen LogP contribution < -0.4 is 0 Å². The Kier molecular flexibility index (Phi) is 12.2. The molecule has 0 nitrogen and oxygen atoms in total. The average molecular weight is 893 g/mol. The standard InChI is InChI=1S/C20H7F34/c1-2-3-5(23,24)7(26,27)10(32,33)13(38,39)14(40,41)11(34,35)8(28,29)6(25,4(21)22)9(30,31)12(36,37)15(42,43)16(44,45)17(46,47)18(48,49)19(50,51)20(52,53)54/h2-3H2,1H3. The third kappa shape index (κ3) is 5.77. The lowest BCUT2D eigenvalue weighted by Gasteiger charge is -2.48. The van der Waals surface area contributed by atoms with Gasteiger partial charge in [0.05, 0.1) is 0 Å². The summed E-state index contributed by atoms with van der Waals surface area (Å²) in [7, 11) is 0. The van der Waals surface area contributed by atoms with E-state index in [1.165, 1.54) is 0 Å². The van der Waals surface area contributed by atoms with Gasteiger partial charge < -0.3 is 0 Å². The largest absolute Gasteiger partial charge is 0.460 e. The van der Waals surface area contributed by atoms with E-state index in [9.17, 15) is 149 Å². The third-order valence-electron chi connectivity index (χ3n) is 6.84. The Hall–Kier alpha value is -2.38. The molecule has 34 heteroatoms. The van der Waals surface area contributed by atoms with Gasteiger partial charge in [0.2, 0.25) is 0 Å². The molecule has 0 fully saturated rings. The van der Waals surface area contributed by atoms with Crippen molar-refractivity contribution in [2.24, 2.45) is 0 Å². The maximum absolute atomic E-state index is 14.5. The quantitative estimate of drug-likeness (QED) is 0.128. The molecule has 1 atom stereocenters. The van der Waals surface area contributed by atoms with Gasteiger partial charge >= 0.3 is 101 Å². The highest BCUT2D eigenvalue weighted by Gasteiger charge is 3.02. The van der Waals surface area contributed by atoms with E-state index in [-0.39, 0.29) is 6.92 Å². The molecular formula is C20H7F34. The minimum atomic E-state index is -10.3. The number of hydrogen-bond donors (Lipinski definition) is 0. The van der Waals surface area contributed by atoms with Crippen molar-refractivity contribution >= 4 is 0 Å². The third-order valence-corrected chi connectivity index (χ3v) is 6.84. The van der Waals surface area contributed by atoms with Crippen LogP contribution in [0.4, 0.5) is 149 Å². The van der Waals surface area contributed by atoms with Crippen LogP contribution in [0.3, 0.4) is 0 Å². The van der Waals surface area contributed by atoms with Crippen LogP contribution >= 0.6 is 0 Å². The van der Waals surface area contributed by atoms with Gasteiger partial charge in [0.1, 0.15) is 0 Å². The van der Waals surface area contributed by atoms with Gasteiger partial charge in [0, 0.05) is 6.42 Å². The van der Waals surface area contributed by atoms with Gasteiger partial charge in [-0.2, -0.15) is 145 Å². The molecule has 0 aliphatic rings. The molecule has 0 heterocycles. The molecular weight excluding hydrogens is 886 g/mol. The summed E-state index contributed by atoms with van der Waals surface area (Å²) in [6.45, 7) is 0.242. The fraction of sp³-hybridized carbons (Fsp3) is 0.950. The second kappa shape index (κ2) is 12.8. The summed E-state index contributed by atoms with van der Waals surface area (Å²) in [5, 5.41) is 0. The molecule has 54 heavy (non-hydrogen) atoms. The Bertz CT molecular complexity index is 1330. The predicted molar refractivity (Wildman–Crippen MR) is 99.5 cm³/mol. The van der Waals surface area contributed by atoms with Crippen molar-refractivity contribution in [2.45, 2.75) is 115 Å². The summed E-state index contributed by atoms with van der Waals surface area (Å²) < 4.78 is 461. The Balaban J connectivity index is 8.06. The van der Waals surface area contributed by atoms with Gasteiger partial charge in [-0.15, -0.1) is 0 Å². The van der Waals surface area contributed by atoms with E-state index in [0.717, 1.165) is 0 Å². The maximum Gasteiger partial charge on any atom is 0.460 e. The molecule has 0 aliphatic heterocycles. The van der Waals surface area contributed by atoms with Crippen molar-refractivity contribution in [2.75, 3.05) is 0 Å². The monoisotopic (exact) mass is 893 g/mol. The second-order valence-corrected chi connectivity index (χ2v) is 10.3. The van der Waals surface area contributed by atoms with Gasteiger partial charge in [-0.1, -0.05) is 13.3 Å². The van der Waals surface area contributed by atoms with Crippen molar-refractivity contribution in [3.8, 4) is 0 Å². The van der Waals surface area contributed by atoms with Crippen LogP contribution in [0.15, 0.2) is 0 Å². The Labute approximate surface area is 271 Å². The van der Waals surface area contributed by atoms with Crippen LogP contribution in [0, 0.1) is 6.43 Å². The van der Waals surface area contributed by atoms with Crippen molar-refractivity contribution in [3.05, 3.63) is 6.43 Å². The molecule has 1 radical (unpaired) electrons. The fourth-order valence-corrected chi connectivity index (χ4v) is 3.52. The summed E-state index contributed by atoms with van der Waals surface area (Å²) in [5.74, 6) is -133. The topological polar surface area (TPSA) is 0 Å². The SMILES string of the molecule is CCCC(F)(F)C(F)(F)C(F)(F)C(F)(F)C(F)(F)C(F)(F)C(F)(F)C(F)([C](F)F)C(F)(F)C(F)(F)C(F)(F)C(F)(F)C(F)(F)C(F)(F)C(F)(F)C(F)(F)F. The highest BCUT2D eigenvalue weighted by molar-refractivity contribution is 5.27. The number of hydrogen-bond acceptors (Lipinski definition) is 0. The van der Waals surface area contributed by atoms with Gasteiger partial charge in [0.15, 0.2) is 0 Å². The normalized spacial score (nSPS) is 18.0. The molecule has 0 aliphatic carbocycles. The minimum absolute atomic E-state index is 0.242. The minimum Gasteiger partial charge on any atom is -0.223 e. The lowest BCUT2D eigenvalue weighted by molar-refractivity contribution is -0.480. The highest BCUT2D eigenvalue weighted by atomic mass is 19.4. The summed E-state index contributed by atoms with van der Waals surface area (Å²) >= 11 is 0. The van der Waals surface area contributed by atoms with Gasteiger partial charge in [-0.25, -0.2) is 4.39 Å². The average Bonchev–Trinajstić information content (AvgIpc) is 2.94. The Morgan fingerprint density at radius 2 is 0.463 bits per heavy atom. The number of alkyl halides is 32. The number of rotatable bonds is 17. The molecule has 0 aromatic heterocycles. The Morgan fingerprint density at radius 1 is 0.278 bits per heavy atom. The van der Waals surface area contributed by atoms with Crippen LogP contribution in [0.2, 0.25) is 0 Å². The van der Waals surface area contributed by atoms with E-state index < -0.39 is 114 Å². The molecule has 0 rings (SSSR count). The molecule has 0 aromatic rings. The maximum atomic E-state index is 14.5. The van der Waals surface area contributed by atoms with E-state index >= 15 is 0 Å². The summed E-state index contributed by atoms with van der Waals surface area (Å²) in [6, 6.07) is 0. The van der Waals surface area contributed by atoms with E-state index in [4.69, 9.17) is 0 Å². The fourth-order valence-electron chi connectivity index (χ4n) is 3.52. The number of halogens is 34. The first kappa shape index (κ1) is 51.6. The lowest BCUT2D eigenvalue weighted by Crippen LogP contribution is -2.81. The molecule has 0 spiro atoms. The molecule has 0 saturated heterocycles. The van der Waals surface area contributed by atoms with E-state index in [2.05, 4.69) is 0 Å². The van der Waals surface area contributed by atoms with Crippen LogP contribution in [0.5, 0.6) is 0 Å². The highest BCUT2D eigenvalue weighted by Crippen LogP contribution is 2.71. The smallest absolute Gasteiger partial charge is 0.223 e. The van der Waals surface area contributed by atoms with Gasteiger partial charge in [-0.05, 0) is 0 Å². The molecule has 325 valence electrons. The first-order valence-corrected chi connectivity index (χ1v) is 12.0. The van der Waals surface area contributed by atoms with Crippen molar-refractivity contribution in [1.29, 1.82) is 0 Å². The van der Waals surface area contributed by atoms with Crippen LogP contribution in [-0.4, -0.2) is 94.8 Å². The first-order valence-electron chi connectivity index (χ1n) is 12.0. The van der Waals surface area contributed by atoms with Gasteiger partial charge in [-0.3, -0.25) is 0 Å².